The van der Waals surface area contributed by atoms with E-state index in [1.165, 1.54) is 17.0 Å². The third-order valence-electron chi connectivity index (χ3n) is 5.58. The average Bonchev–Trinajstić information content (AvgIpc) is 3.40. The number of aromatic nitrogens is 2. The molecule has 0 radical (unpaired) electrons. The topological polar surface area (TPSA) is 131 Å². The molecule has 3 heterocycles. The molecule has 3 aromatic rings. The minimum absolute atomic E-state index is 0.0915. The first-order valence-electron chi connectivity index (χ1n) is 10.9. The van der Waals surface area contributed by atoms with Crippen molar-refractivity contribution < 1.29 is 34.0 Å². The number of fused-ring (bicyclic) bond motifs is 1. The van der Waals surface area contributed by atoms with E-state index in [1.54, 1.807) is 38.1 Å². The van der Waals surface area contributed by atoms with Crippen LogP contribution in [0.5, 0.6) is 23.0 Å². The van der Waals surface area contributed by atoms with Crippen molar-refractivity contribution in [2.75, 3.05) is 24.7 Å². The molecule has 5 rings (SSSR count). The van der Waals surface area contributed by atoms with Crippen LogP contribution >= 0.6 is 11.3 Å². The number of phenolic OH excluding ortho intramolecular Hbond substituents is 1. The highest BCUT2D eigenvalue weighted by molar-refractivity contribution is 7.15. The van der Waals surface area contributed by atoms with Crippen LogP contribution < -0.4 is 19.1 Å². The minimum atomic E-state index is -1.03. The van der Waals surface area contributed by atoms with Crippen LogP contribution in [0.3, 0.4) is 0 Å². The first kappa shape index (κ1) is 22.7. The highest BCUT2D eigenvalue weighted by atomic mass is 32.1. The van der Waals surface area contributed by atoms with Crippen LogP contribution in [0.15, 0.2) is 42.0 Å². The Bertz CT molecular complexity index is 1370. The lowest BCUT2D eigenvalue weighted by Gasteiger charge is -2.23. The van der Waals surface area contributed by atoms with Crippen molar-refractivity contribution >= 4 is 33.9 Å². The van der Waals surface area contributed by atoms with Crippen LogP contribution in [0.2, 0.25) is 0 Å². The number of rotatable bonds is 5. The average molecular weight is 496 g/mol. The Morgan fingerprint density at radius 1 is 1.14 bits per heavy atom. The number of aliphatic hydroxyl groups excluding tert-OH is 1. The summed E-state index contributed by atoms with van der Waals surface area (Å²) in [5.41, 5.74) is 0.597. The fraction of sp³-hybridized carbons (Fsp3) is 0.250. The summed E-state index contributed by atoms with van der Waals surface area (Å²) >= 11 is 1.14. The molecule has 2 aromatic carbocycles. The molecule has 180 valence electrons. The van der Waals surface area contributed by atoms with Crippen LogP contribution in [0, 0.1) is 6.92 Å². The van der Waals surface area contributed by atoms with Crippen molar-refractivity contribution in [3.05, 3.63) is 58.1 Å². The highest BCUT2D eigenvalue weighted by Gasteiger charge is 2.48. The number of ether oxygens (including phenoxy) is 3. The third kappa shape index (κ3) is 3.93. The van der Waals surface area contributed by atoms with Gasteiger partial charge in [0, 0.05) is 5.56 Å². The zero-order valence-corrected chi connectivity index (χ0v) is 19.7. The molecule has 35 heavy (non-hydrogen) atoms. The summed E-state index contributed by atoms with van der Waals surface area (Å²) in [5, 5.41) is 30.3. The molecular weight excluding hydrogens is 474 g/mol. The van der Waals surface area contributed by atoms with Gasteiger partial charge in [-0.3, -0.25) is 14.5 Å². The Kier molecular flexibility index (Phi) is 5.77. The summed E-state index contributed by atoms with van der Waals surface area (Å²) in [6.07, 6.45) is 0. The number of phenols is 1. The molecule has 1 unspecified atom stereocenters. The van der Waals surface area contributed by atoms with Crippen molar-refractivity contribution in [3.63, 3.8) is 0 Å². The van der Waals surface area contributed by atoms with Crippen LogP contribution in [0.4, 0.5) is 5.13 Å². The number of aryl methyl sites for hydroxylation is 1. The van der Waals surface area contributed by atoms with Gasteiger partial charge in [0.1, 0.15) is 24.0 Å². The molecule has 2 N–H and O–H groups in total. The molecule has 0 saturated carbocycles. The van der Waals surface area contributed by atoms with Gasteiger partial charge >= 0.3 is 5.91 Å². The van der Waals surface area contributed by atoms with Gasteiger partial charge < -0.3 is 24.4 Å². The molecule has 2 aliphatic heterocycles. The number of amides is 1. The first-order chi connectivity index (χ1) is 16.9. The Balaban J connectivity index is 1.70. The minimum Gasteiger partial charge on any atom is -0.507 e. The second-order valence-corrected chi connectivity index (χ2v) is 8.95. The number of carbonyl (C=O) groups excluding carboxylic acids is 2. The standard InChI is InChI=1S/C24H21N3O7S/c1-3-32-17-10-13(4-6-15(17)28)20-19(22(30)23(31)27(20)24-26-25-12(2)35-24)21(29)14-5-7-16-18(11-14)34-9-8-33-16/h4-7,10-11,20,28-29H,3,8-9H2,1-2H3. The van der Waals surface area contributed by atoms with Crippen LogP contribution in [-0.2, 0) is 9.59 Å². The van der Waals surface area contributed by atoms with E-state index in [9.17, 15) is 19.8 Å². The summed E-state index contributed by atoms with van der Waals surface area (Å²) in [4.78, 5) is 27.7. The normalized spacial score (nSPS) is 18.7. The summed E-state index contributed by atoms with van der Waals surface area (Å²) in [6.45, 7) is 4.56. The predicted molar refractivity (Wildman–Crippen MR) is 126 cm³/mol. The fourth-order valence-corrected chi connectivity index (χ4v) is 4.76. The molecule has 0 bridgehead atoms. The Morgan fingerprint density at radius 2 is 1.91 bits per heavy atom. The quantitative estimate of drug-likeness (QED) is 0.311. The Morgan fingerprint density at radius 3 is 2.63 bits per heavy atom. The van der Waals surface area contributed by atoms with Crippen molar-refractivity contribution in [2.24, 2.45) is 0 Å². The van der Waals surface area contributed by atoms with E-state index in [0.29, 0.717) is 41.9 Å². The lowest BCUT2D eigenvalue weighted by atomic mass is 9.95. The fourth-order valence-electron chi connectivity index (χ4n) is 4.05. The van der Waals surface area contributed by atoms with Gasteiger partial charge in [-0.05, 0) is 49.7 Å². The first-order valence-corrected chi connectivity index (χ1v) is 11.7. The molecule has 2 aliphatic rings. The zero-order valence-electron chi connectivity index (χ0n) is 18.8. The van der Waals surface area contributed by atoms with Crippen molar-refractivity contribution in [2.45, 2.75) is 19.9 Å². The second kappa shape index (κ2) is 8.91. The van der Waals surface area contributed by atoms with E-state index in [1.807, 2.05) is 0 Å². The van der Waals surface area contributed by atoms with Gasteiger partial charge in [0.15, 0.2) is 23.0 Å². The van der Waals surface area contributed by atoms with Crippen LogP contribution in [0.25, 0.3) is 5.76 Å². The molecular formula is C24H21N3O7S. The number of ketones is 1. The van der Waals surface area contributed by atoms with Gasteiger partial charge in [0.2, 0.25) is 5.13 Å². The van der Waals surface area contributed by atoms with Gasteiger partial charge in [0.05, 0.1) is 18.2 Å². The molecule has 1 saturated heterocycles. The van der Waals surface area contributed by atoms with Crippen LogP contribution in [0.1, 0.15) is 29.1 Å². The Labute approximate surface area is 204 Å². The highest BCUT2D eigenvalue weighted by Crippen LogP contribution is 2.45. The smallest absolute Gasteiger partial charge is 0.301 e. The van der Waals surface area contributed by atoms with Gasteiger partial charge in [-0.1, -0.05) is 17.4 Å². The molecule has 11 heteroatoms. The lowest BCUT2D eigenvalue weighted by molar-refractivity contribution is -0.132. The van der Waals surface area contributed by atoms with Gasteiger partial charge in [-0.25, -0.2) is 0 Å². The van der Waals surface area contributed by atoms with Crippen LogP contribution in [-0.4, -0.2) is 51.9 Å². The number of hydrogen-bond donors (Lipinski definition) is 2. The van der Waals surface area contributed by atoms with E-state index in [4.69, 9.17) is 14.2 Å². The van der Waals surface area contributed by atoms with E-state index in [2.05, 4.69) is 10.2 Å². The molecule has 0 spiro atoms. The summed E-state index contributed by atoms with van der Waals surface area (Å²) in [6, 6.07) is 8.26. The second-order valence-electron chi connectivity index (χ2n) is 7.79. The molecule has 1 atom stereocenters. The molecule has 10 nitrogen and oxygen atoms in total. The number of benzene rings is 2. The molecule has 1 amide bonds. The number of nitrogens with zero attached hydrogens (tertiary/aromatic N) is 3. The molecule has 0 aliphatic carbocycles. The maximum absolute atomic E-state index is 13.3. The zero-order chi connectivity index (χ0) is 24.7. The predicted octanol–water partition coefficient (Wildman–Crippen LogP) is 3.35. The number of Topliss-reactive ketones (excluding diaryl/α,β-unsaturated/α-hetero) is 1. The monoisotopic (exact) mass is 495 g/mol. The summed E-state index contributed by atoms with van der Waals surface area (Å²) < 4.78 is 16.6. The number of aliphatic hydroxyl groups is 1. The van der Waals surface area contributed by atoms with E-state index < -0.39 is 17.7 Å². The van der Waals surface area contributed by atoms with Gasteiger partial charge in [-0.2, -0.15) is 0 Å². The molecule has 1 aromatic heterocycles. The third-order valence-corrected chi connectivity index (χ3v) is 6.42. The number of aromatic hydroxyl groups is 1. The molecule has 1 fully saturated rings. The van der Waals surface area contributed by atoms with Crippen molar-refractivity contribution in [3.8, 4) is 23.0 Å². The Hall–Kier alpha value is -4.12. The number of carbonyl (C=O) groups is 2. The van der Waals surface area contributed by atoms with Gasteiger partial charge in [0.25, 0.3) is 5.78 Å². The maximum Gasteiger partial charge on any atom is 0.301 e. The van der Waals surface area contributed by atoms with Crippen molar-refractivity contribution in [1.29, 1.82) is 0 Å². The largest absolute Gasteiger partial charge is 0.507 e. The van der Waals surface area contributed by atoms with E-state index in [-0.39, 0.29) is 33.5 Å². The van der Waals surface area contributed by atoms with E-state index in [0.717, 1.165) is 11.3 Å². The van der Waals surface area contributed by atoms with Gasteiger partial charge in [-0.15, -0.1) is 10.2 Å². The lowest BCUT2D eigenvalue weighted by Crippen LogP contribution is -2.29. The number of hydrogen-bond acceptors (Lipinski definition) is 10. The van der Waals surface area contributed by atoms with Crippen molar-refractivity contribution in [1.82, 2.24) is 10.2 Å². The maximum atomic E-state index is 13.3. The van der Waals surface area contributed by atoms with E-state index >= 15 is 0 Å². The SMILES string of the molecule is CCOc1cc(C2C(=C(O)c3ccc4c(c3)OCCO4)C(=O)C(=O)N2c2nnc(C)s2)ccc1O. The summed E-state index contributed by atoms with van der Waals surface area (Å²) in [5.74, 6) is -1.06. The summed E-state index contributed by atoms with van der Waals surface area (Å²) in [7, 11) is 0. The number of anilines is 1.